The molecule has 0 aromatic heterocycles. The van der Waals surface area contributed by atoms with E-state index in [4.69, 9.17) is 4.74 Å². The quantitative estimate of drug-likeness (QED) is 0.802. The van der Waals surface area contributed by atoms with Crippen LogP contribution in [0.25, 0.3) is 0 Å². The summed E-state index contributed by atoms with van der Waals surface area (Å²) in [4.78, 5) is 24.2. The summed E-state index contributed by atoms with van der Waals surface area (Å²) in [5.74, 6) is -0.666. The molecule has 0 radical (unpaired) electrons. The molecule has 1 aromatic rings. The fourth-order valence-electron chi connectivity index (χ4n) is 1.55. The number of rotatable bonds is 4. The Labute approximate surface area is 115 Å². The molecule has 1 amide bonds. The second-order valence-corrected chi connectivity index (χ2v) is 4.99. The van der Waals surface area contributed by atoms with Crippen molar-refractivity contribution in [1.82, 2.24) is 4.90 Å². The zero-order valence-electron chi connectivity index (χ0n) is 10.6. The first kappa shape index (κ1) is 14.7. The summed E-state index contributed by atoms with van der Waals surface area (Å²) >= 11 is 3.35. The molecule has 0 fully saturated rings. The third-order valence-corrected chi connectivity index (χ3v) is 2.93. The van der Waals surface area contributed by atoms with Crippen molar-refractivity contribution in [3.05, 3.63) is 34.3 Å². The van der Waals surface area contributed by atoms with Gasteiger partial charge in [0.15, 0.2) is 6.10 Å². The van der Waals surface area contributed by atoms with Crippen LogP contribution in [-0.2, 0) is 20.9 Å². The van der Waals surface area contributed by atoms with Gasteiger partial charge in [-0.2, -0.15) is 0 Å². The third-order valence-electron chi connectivity index (χ3n) is 2.40. The minimum atomic E-state index is -0.747. The molecular formula is C13H16BrNO3. The van der Waals surface area contributed by atoms with Gasteiger partial charge in [-0.25, -0.2) is 0 Å². The molecule has 0 aliphatic heterocycles. The van der Waals surface area contributed by atoms with E-state index in [0.29, 0.717) is 6.54 Å². The number of benzene rings is 1. The fourth-order valence-corrected chi connectivity index (χ4v) is 1.82. The van der Waals surface area contributed by atoms with Crippen LogP contribution in [-0.4, -0.2) is 29.9 Å². The number of likely N-dealkylation sites (N-methyl/N-ethyl adjacent to an activating group) is 1. The number of hydrogen-bond acceptors (Lipinski definition) is 3. The monoisotopic (exact) mass is 313 g/mol. The van der Waals surface area contributed by atoms with E-state index in [1.165, 1.54) is 11.8 Å². The SMILES string of the molecule is CC(=O)O[C@H](C)C(=O)N(C)Cc1ccc(Br)cc1. The minimum absolute atomic E-state index is 0.215. The van der Waals surface area contributed by atoms with Crippen LogP contribution >= 0.6 is 15.9 Å². The highest BCUT2D eigenvalue weighted by molar-refractivity contribution is 9.10. The van der Waals surface area contributed by atoms with Crippen LogP contribution in [0.1, 0.15) is 19.4 Å². The normalized spacial score (nSPS) is 11.8. The Bertz CT molecular complexity index is 430. The van der Waals surface area contributed by atoms with E-state index in [0.717, 1.165) is 10.0 Å². The Kier molecular flexibility index (Phi) is 5.34. The van der Waals surface area contributed by atoms with Crippen LogP contribution in [0.5, 0.6) is 0 Å². The number of esters is 1. The highest BCUT2D eigenvalue weighted by Gasteiger charge is 2.19. The summed E-state index contributed by atoms with van der Waals surface area (Å²) in [7, 11) is 1.68. The van der Waals surface area contributed by atoms with Crippen LogP contribution in [0.15, 0.2) is 28.7 Å². The van der Waals surface area contributed by atoms with Crippen molar-refractivity contribution in [1.29, 1.82) is 0 Å². The van der Waals surface area contributed by atoms with Crippen LogP contribution in [0.2, 0.25) is 0 Å². The Morgan fingerprint density at radius 1 is 1.33 bits per heavy atom. The van der Waals surface area contributed by atoms with E-state index >= 15 is 0 Å². The topological polar surface area (TPSA) is 46.6 Å². The van der Waals surface area contributed by atoms with Gasteiger partial charge >= 0.3 is 5.97 Å². The number of hydrogen-bond donors (Lipinski definition) is 0. The van der Waals surface area contributed by atoms with Gasteiger partial charge in [-0.05, 0) is 24.6 Å². The van der Waals surface area contributed by atoms with Gasteiger partial charge in [-0.1, -0.05) is 28.1 Å². The maximum atomic E-state index is 11.9. The molecule has 0 bridgehead atoms. The number of nitrogens with zero attached hydrogens (tertiary/aromatic N) is 1. The highest BCUT2D eigenvalue weighted by atomic mass is 79.9. The summed E-state index contributed by atoms with van der Waals surface area (Å²) in [5.41, 5.74) is 1.02. The lowest BCUT2D eigenvalue weighted by atomic mass is 10.2. The molecule has 0 spiro atoms. The highest BCUT2D eigenvalue weighted by Crippen LogP contribution is 2.12. The fraction of sp³-hybridized carbons (Fsp3) is 0.385. The molecule has 0 unspecified atom stereocenters. The average molecular weight is 314 g/mol. The summed E-state index contributed by atoms with van der Waals surface area (Å²) in [6.45, 7) is 3.35. The number of carbonyl (C=O) groups excluding carboxylic acids is 2. The molecule has 0 N–H and O–H groups in total. The van der Waals surface area contributed by atoms with E-state index in [2.05, 4.69) is 15.9 Å². The van der Waals surface area contributed by atoms with Gasteiger partial charge in [-0.15, -0.1) is 0 Å². The number of ether oxygens (including phenoxy) is 1. The van der Waals surface area contributed by atoms with Gasteiger partial charge in [0.1, 0.15) is 0 Å². The van der Waals surface area contributed by atoms with Crippen molar-refractivity contribution in [2.24, 2.45) is 0 Å². The van der Waals surface area contributed by atoms with E-state index in [1.807, 2.05) is 24.3 Å². The maximum Gasteiger partial charge on any atom is 0.303 e. The molecule has 1 aromatic carbocycles. The maximum absolute atomic E-state index is 11.9. The lowest BCUT2D eigenvalue weighted by molar-refractivity contribution is -0.156. The van der Waals surface area contributed by atoms with Crippen molar-refractivity contribution in [2.45, 2.75) is 26.5 Å². The van der Waals surface area contributed by atoms with Crippen molar-refractivity contribution < 1.29 is 14.3 Å². The Morgan fingerprint density at radius 2 is 1.89 bits per heavy atom. The number of carbonyl (C=O) groups is 2. The van der Waals surface area contributed by atoms with Crippen molar-refractivity contribution in [3.8, 4) is 0 Å². The van der Waals surface area contributed by atoms with Gasteiger partial charge in [0.05, 0.1) is 0 Å². The number of halogens is 1. The zero-order valence-corrected chi connectivity index (χ0v) is 12.2. The molecule has 0 saturated heterocycles. The smallest absolute Gasteiger partial charge is 0.303 e. The summed E-state index contributed by atoms with van der Waals surface area (Å²) in [6, 6.07) is 7.71. The molecule has 4 nitrogen and oxygen atoms in total. The van der Waals surface area contributed by atoms with E-state index in [1.54, 1.807) is 14.0 Å². The molecule has 5 heteroatoms. The molecule has 18 heavy (non-hydrogen) atoms. The van der Waals surface area contributed by atoms with Crippen LogP contribution in [0.4, 0.5) is 0 Å². The predicted octanol–water partition coefficient (Wildman–Crippen LogP) is 2.36. The third kappa shape index (κ3) is 4.49. The summed E-state index contributed by atoms with van der Waals surface area (Å²) in [6.07, 6.45) is -0.747. The summed E-state index contributed by atoms with van der Waals surface area (Å²) < 4.78 is 5.85. The molecule has 98 valence electrons. The number of amides is 1. The Morgan fingerprint density at radius 3 is 2.39 bits per heavy atom. The molecule has 0 saturated carbocycles. The standard InChI is InChI=1S/C13H16BrNO3/c1-9(18-10(2)16)13(17)15(3)8-11-4-6-12(14)7-5-11/h4-7,9H,8H2,1-3H3/t9-/m1/s1. The average Bonchev–Trinajstić information content (AvgIpc) is 2.30. The van der Waals surface area contributed by atoms with Crippen LogP contribution in [0.3, 0.4) is 0 Å². The van der Waals surface area contributed by atoms with Crippen LogP contribution in [0, 0.1) is 0 Å². The molecule has 0 aliphatic carbocycles. The molecule has 0 heterocycles. The van der Waals surface area contributed by atoms with E-state index < -0.39 is 12.1 Å². The summed E-state index contributed by atoms with van der Waals surface area (Å²) in [5, 5.41) is 0. The predicted molar refractivity (Wildman–Crippen MR) is 71.8 cm³/mol. The molecule has 1 rings (SSSR count). The minimum Gasteiger partial charge on any atom is -0.453 e. The largest absolute Gasteiger partial charge is 0.453 e. The lowest BCUT2D eigenvalue weighted by Crippen LogP contribution is -2.36. The van der Waals surface area contributed by atoms with Gasteiger partial charge in [0, 0.05) is 25.0 Å². The Balaban J connectivity index is 2.59. The van der Waals surface area contributed by atoms with Gasteiger partial charge in [0.2, 0.25) is 0 Å². The Hall–Kier alpha value is -1.36. The first-order valence-corrected chi connectivity index (χ1v) is 6.36. The van der Waals surface area contributed by atoms with Gasteiger partial charge < -0.3 is 9.64 Å². The second-order valence-electron chi connectivity index (χ2n) is 4.07. The van der Waals surface area contributed by atoms with Crippen molar-refractivity contribution in [2.75, 3.05) is 7.05 Å². The first-order chi connectivity index (χ1) is 8.40. The molecule has 0 aliphatic rings. The lowest BCUT2D eigenvalue weighted by Gasteiger charge is -2.21. The second kappa shape index (κ2) is 6.54. The first-order valence-electron chi connectivity index (χ1n) is 5.57. The van der Waals surface area contributed by atoms with Crippen LogP contribution < -0.4 is 0 Å². The van der Waals surface area contributed by atoms with Crippen molar-refractivity contribution in [3.63, 3.8) is 0 Å². The van der Waals surface area contributed by atoms with E-state index in [-0.39, 0.29) is 5.91 Å². The van der Waals surface area contributed by atoms with Gasteiger partial charge in [-0.3, -0.25) is 9.59 Å². The van der Waals surface area contributed by atoms with Crippen molar-refractivity contribution >= 4 is 27.8 Å². The van der Waals surface area contributed by atoms with Gasteiger partial charge in [0.25, 0.3) is 5.91 Å². The molecular weight excluding hydrogens is 298 g/mol. The zero-order chi connectivity index (χ0) is 13.7. The molecule has 1 atom stereocenters. The van der Waals surface area contributed by atoms with E-state index in [9.17, 15) is 9.59 Å².